The van der Waals surface area contributed by atoms with E-state index in [0.29, 0.717) is 18.0 Å². The van der Waals surface area contributed by atoms with E-state index in [0.717, 1.165) is 22.3 Å². The summed E-state index contributed by atoms with van der Waals surface area (Å²) in [6.45, 7) is 0.319. The molecule has 1 unspecified atom stereocenters. The Bertz CT molecular complexity index is 877. The number of fused-ring (bicyclic) bond motifs is 1. The Morgan fingerprint density at radius 3 is 2.46 bits per heavy atom. The Kier molecular flexibility index (Phi) is 4.79. The van der Waals surface area contributed by atoms with Crippen LogP contribution in [0.25, 0.3) is 16.7 Å². The minimum absolute atomic E-state index is 0.319. The van der Waals surface area contributed by atoms with Crippen LogP contribution in [0.4, 0.5) is 0 Å². The van der Waals surface area contributed by atoms with Gasteiger partial charge in [-0.15, -0.1) is 0 Å². The molecule has 2 N–H and O–H groups in total. The van der Waals surface area contributed by atoms with Crippen molar-refractivity contribution in [3.05, 3.63) is 48.3 Å². The molecular weight excluding hydrogens is 330 g/mol. The number of benzene rings is 2. The smallest absolute Gasteiger partial charge is 0.232 e. The maximum atomic E-state index is 10.7. The van der Waals surface area contributed by atoms with Crippen LogP contribution >= 0.6 is 0 Å². The van der Waals surface area contributed by atoms with Crippen molar-refractivity contribution in [2.75, 3.05) is 14.2 Å². The molecule has 8 heteroatoms. The monoisotopic (exact) mass is 347 g/mol. The molecule has 0 saturated heterocycles. The quantitative estimate of drug-likeness (QED) is 0.668. The average molecular weight is 347 g/mol. The number of hydrogen-bond acceptors (Lipinski definition) is 4. The maximum absolute atomic E-state index is 10.7. The van der Waals surface area contributed by atoms with Crippen molar-refractivity contribution in [1.82, 2.24) is 14.3 Å². The third-order valence-corrected chi connectivity index (χ3v) is 4.06. The standard InChI is InChI=1S/C16H17N3O4S/c1-22-15-7-13-14(8-16(15)23-2)19(10-17-13)12-5-3-11(4-6-12)9-18-24(20)21/h3-8,10,18H,9H2,1-2H3,(H,20,21). The Morgan fingerprint density at radius 1 is 1.17 bits per heavy atom. The molecule has 0 bridgehead atoms. The maximum Gasteiger partial charge on any atom is 0.232 e. The van der Waals surface area contributed by atoms with Gasteiger partial charge in [-0.05, 0) is 17.7 Å². The molecule has 1 atom stereocenters. The SMILES string of the molecule is COc1cc2ncn(-c3ccc(CNS(=O)O)cc3)c2cc1OC. The third kappa shape index (κ3) is 3.25. The van der Waals surface area contributed by atoms with Crippen molar-refractivity contribution in [3.63, 3.8) is 0 Å². The Morgan fingerprint density at radius 2 is 1.83 bits per heavy atom. The first kappa shape index (κ1) is 16.4. The lowest BCUT2D eigenvalue weighted by Crippen LogP contribution is -2.15. The summed E-state index contributed by atoms with van der Waals surface area (Å²) in [7, 11) is 3.18. The van der Waals surface area contributed by atoms with Crippen LogP contribution in [0, 0.1) is 0 Å². The zero-order valence-corrected chi connectivity index (χ0v) is 14.0. The van der Waals surface area contributed by atoms with Crippen molar-refractivity contribution >= 4 is 22.3 Å². The van der Waals surface area contributed by atoms with Gasteiger partial charge in [0.05, 0.1) is 25.3 Å². The minimum atomic E-state index is -2.02. The largest absolute Gasteiger partial charge is 0.493 e. The van der Waals surface area contributed by atoms with E-state index in [1.54, 1.807) is 20.5 Å². The van der Waals surface area contributed by atoms with Crippen LogP contribution in [0.2, 0.25) is 0 Å². The molecule has 0 spiro atoms. The molecule has 0 fully saturated rings. The van der Waals surface area contributed by atoms with Crippen LogP contribution in [0.3, 0.4) is 0 Å². The topological polar surface area (TPSA) is 85.6 Å². The fourth-order valence-corrected chi connectivity index (χ4v) is 2.75. The fourth-order valence-electron chi connectivity index (χ4n) is 2.46. The van der Waals surface area contributed by atoms with Crippen molar-refractivity contribution in [2.24, 2.45) is 0 Å². The van der Waals surface area contributed by atoms with Crippen molar-refractivity contribution in [2.45, 2.75) is 6.54 Å². The lowest BCUT2D eigenvalue weighted by Gasteiger charge is -2.09. The summed E-state index contributed by atoms with van der Waals surface area (Å²) < 4.78 is 34.4. The average Bonchev–Trinajstić information content (AvgIpc) is 3.01. The summed E-state index contributed by atoms with van der Waals surface area (Å²) >= 11 is -2.02. The first-order valence-corrected chi connectivity index (χ1v) is 8.26. The zero-order valence-electron chi connectivity index (χ0n) is 13.2. The van der Waals surface area contributed by atoms with E-state index in [1.807, 2.05) is 41.0 Å². The molecule has 7 nitrogen and oxygen atoms in total. The second-order valence-corrected chi connectivity index (χ2v) is 5.83. The van der Waals surface area contributed by atoms with E-state index in [9.17, 15) is 4.21 Å². The highest BCUT2D eigenvalue weighted by Crippen LogP contribution is 2.32. The predicted molar refractivity (Wildman–Crippen MR) is 91.8 cm³/mol. The van der Waals surface area contributed by atoms with E-state index in [4.69, 9.17) is 14.0 Å². The molecule has 0 saturated carbocycles. The van der Waals surface area contributed by atoms with Crippen LogP contribution in [-0.2, 0) is 17.8 Å². The van der Waals surface area contributed by atoms with Gasteiger partial charge in [0.1, 0.15) is 6.33 Å². The highest BCUT2D eigenvalue weighted by atomic mass is 32.2. The number of methoxy groups -OCH3 is 2. The van der Waals surface area contributed by atoms with Gasteiger partial charge < -0.3 is 9.47 Å². The molecule has 126 valence electrons. The summed E-state index contributed by atoms with van der Waals surface area (Å²) in [6.07, 6.45) is 1.74. The van der Waals surface area contributed by atoms with E-state index in [-0.39, 0.29) is 0 Å². The van der Waals surface area contributed by atoms with Crippen LogP contribution in [0.5, 0.6) is 11.5 Å². The number of aromatic nitrogens is 2. The zero-order chi connectivity index (χ0) is 17.1. The van der Waals surface area contributed by atoms with Gasteiger partial charge in [0.15, 0.2) is 11.5 Å². The van der Waals surface area contributed by atoms with Gasteiger partial charge in [0.2, 0.25) is 11.3 Å². The Balaban J connectivity index is 1.95. The lowest BCUT2D eigenvalue weighted by molar-refractivity contribution is 0.355. The lowest BCUT2D eigenvalue weighted by atomic mass is 10.2. The number of rotatable bonds is 6. The van der Waals surface area contributed by atoms with Gasteiger partial charge in [0.25, 0.3) is 0 Å². The molecule has 3 aromatic rings. The molecule has 24 heavy (non-hydrogen) atoms. The number of nitrogens with one attached hydrogen (secondary N) is 1. The number of hydrogen-bond donors (Lipinski definition) is 2. The van der Waals surface area contributed by atoms with E-state index in [2.05, 4.69) is 9.71 Å². The van der Waals surface area contributed by atoms with Gasteiger partial charge in [-0.3, -0.25) is 9.12 Å². The van der Waals surface area contributed by atoms with E-state index in [1.165, 1.54) is 0 Å². The summed E-state index contributed by atoms with van der Waals surface area (Å²) in [5.74, 6) is 1.27. The molecule has 0 aliphatic carbocycles. The van der Waals surface area contributed by atoms with Gasteiger partial charge >= 0.3 is 0 Å². The first-order chi connectivity index (χ1) is 11.6. The van der Waals surface area contributed by atoms with E-state index >= 15 is 0 Å². The minimum Gasteiger partial charge on any atom is -0.493 e. The molecule has 0 aliphatic heterocycles. The highest BCUT2D eigenvalue weighted by molar-refractivity contribution is 7.77. The molecule has 0 radical (unpaired) electrons. The normalized spacial score (nSPS) is 12.3. The van der Waals surface area contributed by atoms with E-state index < -0.39 is 11.3 Å². The molecule has 2 aromatic carbocycles. The van der Waals surface area contributed by atoms with Crippen molar-refractivity contribution in [3.8, 4) is 17.2 Å². The Labute approximate surface area is 141 Å². The summed E-state index contributed by atoms with van der Waals surface area (Å²) in [4.78, 5) is 4.40. The summed E-state index contributed by atoms with van der Waals surface area (Å²) in [5, 5.41) is 0. The van der Waals surface area contributed by atoms with Crippen LogP contribution in [0.15, 0.2) is 42.7 Å². The van der Waals surface area contributed by atoms with Crippen LogP contribution < -0.4 is 14.2 Å². The van der Waals surface area contributed by atoms with Gasteiger partial charge in [-0.1, -0.05) is 12.1 Å². The van der Waals surface area contributed by atoms with Gasteiger partial charge in [0, 0.05) is 24.4 Å². The first-order valence-electron chi connectivity index (χ1n) is 7.15. The fraction of sp³-hybridized carbons (Fsp3) is 0.188. The number of nitrogens with zero attached hydrogens (tertiary/aromatic N) is 2. The molecule has 1 aromatic heterocycles. The highest BCUT2D eigenvalue weighted by Gasteiger charge is 2.11. The second-order valence-electron chi connectivity index (χ2n) is 5.05. The molecule has 0 aliphatic rings. The molecule has 3 rings (SSSR count). The summed E-state index contributed by atoms with van der Waals surface area (Å²) in [6, 6.07) is 11.3. The van der Waals surface area contributed by atoms with Crippen LogP contribution in [0.1, 0.15) is 5.56 Å². The summed E-state index contributed by atoms with van der Waals surface area (Å²) in [5.41, 5.74) is 3.53. The number of ether oxygens (including phenoxy) is 2. The molecule has 0 amide bonds. The van der Waals surface area contributed by atoms with Crippen LogP contribution in [-0.4, -0.2) is 32.5 Å². The predicted octanol–water partition coefficient (Wildman–Crippen LogP) is 2.27. The van der Waals surface area contributed by atoms with Gasteiger partial charge in [-0.2, -0.15) is 0 Å². The molecular formula is C16H17N3O4S. The van der Waals surface area contributed by atoms with Crippen molar-refractivity contribution < 1.29 is 18.2 Å². The van der Waals surface area contributed by atoms with Gasteiger partial charge in [-0.25, -0.2) is 13.9 Å². The second kappa shape index (κ2) is 7.00. The molecule has 1 heterocycles. The Hall–Kier alpha value is -2.42. The number of imidazole rings is 1. The third-order valence-electron chi connectivity index (χ3n) is 3.67. The van der Waals surface area contributed by atoms with Crippen molar-refractivity contribution in [1.29, 1.82) is 0 Å².